The monoisotopic (exact) mass is 345 g/mol. The van der Waals surface area contributed by atoms with E-state index >= 15 is 0 Å². The van der Waals surface area contributed by atoms with Gasteiger partial charge in [0.1, 0.15) is 10.7 Å². The van der Waals surface area contributed by atoms with Crippen molar-refractivity contribution in [3.05, 3.63) is 52.1 Å². The van der Waals surface area contributed by atoms with Gasteiger partial charge < -0.3 is 5.73 Å². The van der Waals surface area contributed by atoms with Crippen molar-refractivity contribution in [2.75, 3.05) is 5.73 Å². The van der Waals surface area contributed by atoms with Crippen LogP contribution in [0.4, 0.5) is 5.82 Å². The second-order valence-electron chi connectivity index (χ2n) is 4.40. The second kappa shape index (κ2) is 6.19. The molecular formula is C13H13Cl2N3O2S. The molecule has 1 unspecified atom stereocenters. The van der Waals surface area contributed by atoms with E-state index in [2.05, 4.69) is 9.71 Å². The number of hydrogen-bond acceptors (Lipinski definition) is 4. The summed E-state index contributed by atoms with van der Waals surface area (Å²) >= 11 is 11.9. The Kier molecular flexibility index (Phi) is 4.73. The lowest BCUT2D eigenvalue weighted by atomic mass is 10.1. The SMILES string of the molecule is CC(NS(=O)(=O)c1cccnc1N)c1ccc(Cl)cc1Cl. The van der Waals surface area contributed by atoms with Crippen molar-refractivity contribution in [1.82, 2.24) is 9.71 Å². The van der Waals surface area contributed by atoms with Crippen molar-refractivity contribution in [2.24, 2.45) is 0 Å². The van der Waals surface area contributed by atoms with Gasteiger partial charge in [0, 0.05) is 22.3 Å². The Hall–Kier alpha value is -1.34. The predicted octanol–water partition coefficient (Wildman–Crippen LogP) is 3.01. The van der Waals surface area contributed by atoms with Gasteiger partial charge in [0.2, 0.25) is 10.0 Å². The highest BCUT2D eigenvalue weighted by Crippen LogP contribution is 2.27. The zero-order valence-corrected chi connectivity index (χ0v) is 13.4. The van der Waals surface area contributed by atoms with Crippen LogP contribution >= 0.6 is 23.2 Å². The van der Waals surface area contributed by atoms with Gasteiger partial charge in [-0.1, -0.05) is 29.3 Å². The maximum atomic E-state index is 12.3. The van der Waals surface area contributed by atoms with Gasteiger partial charge in [-0.25, -0.2) is 18.1 Å². The van der Waals surface area contributed by atoms with E-state index in [0.29, 0.717) is 15.6 Å². The summed E-state index contributed by atoms with van der Waals surface area (Å²) in [5.41, 5.74) is 6.21. The average molecular weight is 346 g/mol. The second-order valence-corrected chi connectivity index (χ2v) is 6.92. The van der Waals surface area contributed by atoms with Gasteiger partial charge in [0.05, 0.1) is 0 Å². The molecule has 0 bridgehead atoms. The van der Waals surface area contributed by atoms with E-state index in [0.717, 1.165) is 0 Å². The molecule has 0 aliphatic heterocycles. The van der Waals surface area contributed by atoms with Gasteiger partial charge in [-0.15, -0.1) is 0 Å². The minimum absolute atomic E-state index is 0.0561. The zero-order chi connectivity index (χ0) is 15.6. The van der Waals surface area contributed by atoms with Gasteiger partial charge in [-0.2, -0.15) is 0 Å². The van der Waals surface area contributed by atoms with Crippen LogP contribution < -0.4 is 10.5 Å². The van der Waals surface area contributed by atoms with Crippen LogP contribution in [0.15, 0.2) is 41.4 Å². The van der Waals surface area contributed by atoms with Crippen LogP contribution in [0, 0.1) is 0 Å². The molecule has 2 aromatic rings. The first kappa shape index (κ1) is 16.0. The van der Waals surface area contributed by atoms with Crippen molar-refractivity contribution < 1.29 is 8.42 Å². The number of rotatable bonds is 4. The number of sulfonamides is 1. The lowest BCUT2D eigenvalue weighted by Crippen LogP contribution is -2.28. The summed E-state index contributed by atoms with van der Waals surface area (Å²) in [5, 5.41) is 0.868. The van der Waals surface area contributed by atoms with Gasteiger partial charge >= 0.3 is 0 Å². The smallest absolute Gasteiger partial charge is 0.244 e. The van der Waals surface area contributed by atoms with Crippen LogP contribution in [-0.4, -0.2) is 13.4 Å². The number of halogens is 2. The molecule has 0 fully saturated rings. The first-order valence-corrected chi connectivity index (χ1v) is 8.23. The standard InChI is InChI=1S/C13H13Cl2N3O2S/c1-8(10-5-4-9(14)7-11(10)15)18-21(19,20)12-3-2-6-17-13(12)16/h2-8,18H,1H3,(H2,16,17). The number of anilines is 1. The highest BCUT2D eigenvalue weighted by Gasteiger charge is 2.22. The Bertz CT molecular complexity index is 766. The number of nitrogens with one attached hydrogen (secondary N) is 1. The van der Waals surface area contributed by atoms with Crippen LogP contribution in [0.25, 0.3) is 0 Å². The number of benzene rings is 1. The number of pyridine rings is 1. The molecule has 0 aliphatic rings. The number of hydrogen-bond donors (Lipinski definition) is 2. The zero-order valence-electron chi connectivity index (χ0n) is 11.0. The minimum atomic E-state index is -3.79. The molecule has 0 saturated carbocycles. The Morgan fingerprint density at radius 2 is 2.00 bits per heavy atom. The quantitative estimate of drug-likeness (QED) is 0.891. The van der Waals surface area contributed by atoms with Gasteiger partial charge in [0.25, 0.3) is 0 Å². The van der Waals surface area contributed by atoms with E-state index in [1.165, 1.54) is 18.3 Å². The maximum absolute atomic E-state index is 12.3. The first-order chi connectivity index (χ1) is 9.81. The lowest BCUT2D eigenvalue weighted by Gasteiger charge is -2.16. The maximum Gasteiger partial charge on any atom is 0.244 e. The molecule has 1 aromatic carbocycles. The van der Waals surface area contributed by atoms with E-state index in [1.807, 2.05) is 0 Å². The van der Waals surface area contributed by atoms with Gasteiger partial charge in [-0.05, 0) is 36.8 Å². The van der Waals surface area contributed by atoms with Gasteiger partial charge in [0.15, 0.2) is 0 Å². The normalized spacial score (nSPS) is 13.1. The summed E-state index contributed by atoms with van der Waals surface area (Å²) in [6.07, 6.45) is 1.42. The average Bonchev–Trinajstić information content (AvgIpc) is 2.38. The fourth-order valence-electron chi connectivity index (χ4n) is 1.84. The van der Waals surface area contributed by atoms with Crippen molar-refractivity contribution >= 4 is 39.0 Å². The molecule has 1 aromatic heterocycles. The molecular weight excluding hydrogens is 333 g/mol. The fraction of sp³-hybridized carbons (Fsp3) is 0.154. The topological polar surface area (TPSA) is 85.1 Å². The Balaban J connectivity index is 2.30. The first-order valence-electron chi connectivity index (χ1n) is 5.99. The van der Waals surface area contributed by atoms with Crippen molar-refractivity contribution in [3.63, 3.8) is 0 Å². The van der Waals surface area contributed by atoms with E-state index in [-0.39, 0.29) is 10.7 Å². The molecule has 2 rings (SSSR count). The van der Waals surface area contributed by atoms with Crippen molar-refractivity contribution in [2.45, 2.75) is 17.9 Å². The largest absolute Gasteiger partial charge is 0.383 e. The molecule has 0 amide bonds. The molecule has 112 valence electrons. The molecule has 0 aliphatic carbocycles. The summed E-state index contributed by atoms with van der Waals surface area (Å²) in [6.45, 7) is 1.68. The van der Waals surface area contributed by atoms with E-state index < -0.39 is 16.1 Å². The molecule has 1 atom stereocenters. The minimum Gasteiger partial charge on any atom is -0.383 e. The van der Waals surface area contributed by atoms with Crippen LogP contribution in [0.1, 0.15) is 18.5 Å². The number of nitrogens with two attached hydrogens (primary N) is 1. The third kappa shape index (κ3) is 3.65. The van der Waals surface area contributed by atoms with Crippen LogP contribution in [0.5, 0.6) is 0 Å². The molecule has 0 radical (unpaired) electrons. The summed E-state index contributed by atoms with van der Waals surface area (Å²) in [4.78, 5) is 3.70. The fourth-order valence-corrected chi connectivity index (χ4v) is 3.72. The van der Waals surface area contributed by atoms with E-state index in [9.17, 15) is 8.42 Å². The lowest BCUT2D eigenvalue weighted by molar-refractivity contribution is 0.567. The number of nitrogens with zero attached hydrogens (tertiary/aromatic N) is 1. The molecule has 1 heterocycles. The molecule has 5 nitrogen and oxygen atoms in total. The van der Waals surface area contributed by atoms with Crippen molar-refractivity contribution in [1.29, 1.82) is 0 Å². The van der Waals surface area contributed by atoms with Crippen LogP contribution in [0.2, 0.25) is 10.0 Å². The van der Waals surface area contributed by atoms with Crippen LogP contribution in [0.3, 0.4) is 0 Å². The highest BCUT2D eigenvalue weighted by molar-refractivity contribution is 7.89. The molecule has 0 saturated heterocycles. The van der Waals surface area contributed by atoms with E-state index in [1.54, 1.807) is 25.1 Å². The van der Waals surface area contributed by atoms with E-state index in [4.69, 9.17) is 28.9 Å². The molecule has 8 heteroatoms. The third-order valence-electron chi connectivity index (χ3n) is 2.85. The van der Waals surface area contributed by atoms with Gasteiger partial charge in [-0.3, -0.25) is 0 Å². The number of nitrogen functional groups attached to an aromatic ring is 1. The Morgan fingerprint density at radius 3 is 2.62 bits per heavy atom. The van der Waals surface area contributed by atoms with Crippen LogP contribution in [-0.2, 0) is 10.0 Å². The summed E-state index contributed by atoms with van der Waals surface area (Å²) in [6, 6.07) is 7.23. The molecule has 3 N–H and O–H groups in total. The summed E-state index contributed by atoms with van der Waals surface area (Å²) < 4.78 is 27.1. The van der Waals surface area contributed by atoms with Crippen molar-refractivity contribution in [3.8, 4) is 0 Å². The highest BCUT2D eigenvalue weighted by atomic mass is 35.5. The Labute approximate surface area is 133 Å². The predicted molar refractivity (Wildman–Crippen MR) is 83.8 cm³/mol. The number of aromatic nitrogens is 1. The molecule has 21 heavy (non-hydrogen) atoms. The third-order valence-corrected chi connectivity index (χ3v) is 5.00. The summed E-state index contributed by atoms with van der Waals surface area (Å²) in [5.74, 6) is -0.0561. The molecule has 0 spiro atoms. The summed E-state index contributed by atoms with van der Waals surface area (Å²) in [7, 11) is -3.79. The Morgan fingerprint density at radius 1 is 1.29 bits per heavy atom.